The van der Waals surface area contributed by atoms with Gasteiger partial charge in [-0.3, -0.25) is 10.1 Å². The minimum absolute atomic E-state index is 0.118. The Morgan fingerprint density at radius 3 is 2.04 bits per heavy atom. The predicted octanol–water partition coefficient (Wildman–Crippen LogP) is 5.06. The van der Waals surface area contributed by atoms with Crippen LogP contribution in [0.4, 0.5) is 5.95 Å². The number of halogens is 1. The van der Waals surface area contributed by atoms with E-state index in [4.69, 9.17) is 11.6 Å². The van der Waals surface area contributed by atoms with E-state index < -0.39 is 0 Å². The third-order valence-electron chi connectivity index (χ3n) is 3.70. The van der Waals surface area contributed by atoms with Crippen LogP contribution in [0.3, 0.4) is 0 Å². The van der Waals surface area contributed by atoms with Crippen molar-refractivity contribution in [3.8, 4) is 22.5 Å². The zero-order valence-electron chi connectivity index (χ0n) is 14.0. The van der Waals surface area contributed by atoms with Crippen molar-refractivity contribution < 1.29 is 4.79 Å². The molecule has 0 aliphatic rings. The van der Waals surface area contributed by atoms with Crippen LogP contribution in [0.1, 0.15) is 13.8 Å². The molecule has 0 fully saturated rings. The third kappa shape index (κ3) is 4.22. The standard InChI is InChI=1S/C20H18ClN3O/c1-13(2)19(25)24-20-22-17(14-6-4-3-5-7-14)12-18(23-20)15-8-10-16(21)11-9-15/h3-13H,1-2H3,(H,22,23,24,25). The molecular formula is C20H18ClN3O. The lowest BCUT2D eigenvalue weighted by molar-refractivity contribution is -0.118. The van der Waals surface area contributed by atoms with Gasteiger partial charge in [-0.25, -0.2) is 9.97 Å². The molecule has 1 N–H and O–H groups in total. The van der Waals surface area contributed by atoms with E-state index in [2.05, 4.69) is 15.3 Å². The fraction of sp³-hybridized carbons (Fsp3) is 0.150. The van der Waals surface area contributed by atoms with Crippen LogP contribution in [-0.4, -0.2) is 15.9 Å². The number of hydrogen-bond acceptors (Lipinski definition) is 3. The Morgan fingerprint density at radius 1 is 0.920 bits per heavy atom. The Hall–Kier alpha value is -2.72. The summed E-state index contributed by atoms with van der Waals surface area (Å²) in [4.78, 5) is 21.0. The summed E-state index contributed by atoms with van der Waals surface area (Å²) in [5.74, 6) is 0.0280. The molecule has 0 spiro atoms. The number of aromatic nitrogens is 2. The molecule has 1 aromatic heterocycles. The van der Waals surface area contributed by atoms with Crippen LogP contribution in [0, 0.1) is 5.92 Å². The maximum atomic E-state index is 12.0. The highest BCUT2D eigenvalue weighted by Gasteiger charge is 2.13. The summed E-state index contributed by atoms with van der Waals surface area (Å²) < 4.78 is 0. The minimum atomic E-state index is -0.150. The molecule has 0 bridgehead atoms. The molecule has 5 heteroatoms. The van der Waals surface area contributed by atoms with Gasteiger partial charge in [0.15, 0.2) is 0 Å². The first-order valence-electron chi connectivity index (χ1n) is 8.04. The van der Waals surface area contributed by atoms with Gasteiger partial charge >= 0.3 is 0 Å². The van der Waals surface area contributed by atoms with E-state index in [1.165, 1.54) is 0 Å². The molecule has 0 radical (unpaired) electrons. The van der Waals surface area contributed by atoms with Gasteiger partial charge in [-0.05, 0) is 18.2 Å². The van der Waals surface area contributed by atoms with Crippen LogP contribution in [0.15, 0.2) is 60.7 Å². The molecule has 0 aliphatic carbocycles. The van der Waals surface area contributed by atoms with E-state index in [0.29, 0.717) is 11.0 Å². The molecule has 126 valence electrons. The molecular weight excluding hydrogens is 334 g/mol. The first kappa shape index (κ1) is 17.1. The Bertz CT molecular complexity index is 877. The highest BCUT2D eigenvalue weighted by Crippen LogP contribution is 2.26. The van der Waals surface area contributed by atoms with Gasteiger partial charge in [0.2, 0.25) is 11.9 Å². The average Bonchev–Trinajstić information content (AvgIpc) is 2.62. The lowest BCUT2D eigenvalue weighted by Crippen LogP contribution is -2.19. The minimum Gasteiger partial charge on any atom is -0.294 e. The molecule has 0 unspecified atom stereocenters. The lowest BCUT2D eigenvalue weighted by atomic mass is 10.1. The maximum Gasteiger partial charge on any atom is 0.230 e. The van der Waals surface area contributed by atoms with Gasteiger partial charge in [-0.15, -0.1) is 0 Å². The van der Waals surface area contributed by atoms with Gasteiger partial charge in [0.25, 0.3) is 0 Å². The van der Waals surface area contributed by atoms with Crippen molar-refractivity contribution in [2.75, 3.05) is 5.32 Å². The number of rotatable bonds is 4. The molecule has 2 aromatic carbocycles. The average molecular weight is 352 g/mol. The summed E-state index contributed by atoms with van der Waals surface area (Å²) in [6, 6.07) is 19.1. The number of amides is 1. The second-order valence-corrected chi connectivity index (χ2v) is 6.42. The molecule has 1 amide bonds. The number of hydrogen-bond donors (Lipinski definition) is 1. The summed E-state index contributed by atoms with van der Waals surface area (Å²) in [7, 11) is 0. The van der Waals surface area contributed by atoms with Gasteiger partial charge in [0.1, 0.15) is 0 Å². The zero-order valence-corrected chi connectivity index (χ0v) is 14.8. The summed E-state index contributed by atoms with van der Waals surface area (Å²) >= 11 is 5.97. The van der Waals surface area contributed by atoms with Crippen LogP contribution in [0.5, 0.6) is 0 Å². The van der Waals surface area contributed by atoms with E-state index >= 15 is 0 Å². The number of carbonyl (C=O) groups is 1. The fourth-order valence-corrected chi connectivity index (χ4v) is 2.41. The van der Waals surface area contributed by atoms with E-state index in [9.17, 15) is 4.79 Å². The van der Waals surface area contributed by atoms with E-state index in [1.807, 2.05) is 74.5 Å². The topological polar surface area (TPSA) is 54.9 Å². The van der Waals surface area contributed by atoms with Crippen molar-refractivity contribution >= 4 is 23.5 Å². The molecule has 25 heavy (non-hydrogen) atoms. The molecule has 1 heterocycles. The molecule has 0 saturated heterocycles. The van der Waals surface area contributed by atoms with Crippen molar-refractivity contribution in [3.63, 3.8) is 0 Å². The molecule has 0 atom stereocenters. The summed E-state index contributed by atoms with van der Waals surface area (Å²) in [5.41, 5.74) is 3.34. The molecule has 3 aromatic rings. The Labute approximate surface area is 151 Å². The lowest BCUT2D eigenvalue weighted by Gasteiger charge is -2.11. The Balaban J connectivity index is 2.07. The van der Waals surface area contributed by atoms with E-state index in [0.717, 1.165) is 22.5 Å². The fourth-order valence-electron chi connectivity index (χ4n) is 2.28. The SMILES string of the molecule is CC(C)C(=O)Nc1nc(-c2ccccc2)cc(-c2ccc(Cl)cc2)n1. The monoisotopic (exact) mass is 351 g/mol. The van der Waals surface area contributed by atoms with Gasteiger partial charge in [-0.2, -0.15) is 0 Å². The van der Waals surface area contributed by atoms with Gasteiger partial charge in [0.05, 0.1) is 11.4 Å². The smallest absolute Gasteiger partial charge is 0.230 e. The summed E-state index contributed by atoms with van der Waals surface area (Å²) in [6.45, 7) is 3.66. The summed E-state index contributed by atoms with van der Waals surface area (Å²) in [5, 5.41) is 3.45. The largest absolute Gasteiger partial charge is 0.294 e. The normalized spacial score (nSPS) is 10.7. The highest BCUT2D eigenvalue weighted by atomic mass is 35.5. The molecule has 0 saturated carbocycles. The van der Waals surface area contributed by atoms with Crippen molar-refractivity contribution in [2.24, 2.45) is 5.92 Å². The second-order valence-electron chi connectivity index (χ2n) is 5.98. The highest BCUT2D eigenvalue weighted by molar-refractivity contribution is 6.30. The van der Waals surface area contributed by atoms with Crippen molar-refractivity contribution in [3.05, 3.63) is 65.7 Å². The van der Waals surface area contributed by atoms with E-state index in [-0.39, 0.29) is 11.8 Å². The van der Waals surface area contributed by atoms with Crippen molar-refractivity contribution in [1.29, 1.82) is 0 Å². The van der Waals surface area contributed by atoms with Crippen molar-refractivity contribution in [1.82, 2.24) is 9.97 Å². The molecule has 3 rings (SSSR count). The van der Waals surface area contributed by atoms with Crippen LogP contribution < -0.4 is 5.32 Å². The van der Waals surface area contributed by atoms with Gasteiger partial charge in [0, 0.05) is 22.1 Å². The van der Waals surface area contributed by atoms with Gasteiger partial charge in [-0.1, -0.05) is 67.9 Å². The third-order valence-corrected chi connectivity index (χ3v) is 3.95. The van der Waals surface area contributed by atoms with E-state index in [1.54, 1.807) is 0 Å². The van der Waals surface area contributed by atoms with Crippen LogP contribution in [0.25, 0.3) is 22.5 Å². The predicted molar refractivity (Wildman–Crippen MR) is 101 cm³/mol. The van der Waals surface area contributed by atoms with Crippen LogP contribution in [0.2, 0.25) is 5.02 Å². The van der Waals surface area contributed by atoms with Crippen LogP contribution in [-0.2, 0) is 4.79 Å². The Kier molecular flexibility index (Phi) is 5.10. The Morgan fingerprint density at radius 2 is 1.48 bits per heavy atom. The zero-order chi connectivity index (χ0) is 17.8. The molecule has 4 nitrogen and oxygen atoms in total. The molecule has 0 aliphatic heterocycles. The number of nitrogens with zero attached hydrogens (tertiary/aromatic N) is 2. The number of nitrogens with one attached hydrogen (secondary N) is 1. The van der Waals surface area contributed by atoms with Crippen LogP contribution >= 0.6 is 11.6 Å². The number of benzene rings is 2. The quantitative estimate of drug-likeness (QED) is 0.714. The number of carbonyl (C=O) groups excluding carboxylic acids is 1. The number of anilines is 1. The van der Waals surface area contributed by atoms with Gasteiger partial charge < -0.3 is 0 Å². The maximum absolute atomic E-state index is 12.0. The first-order chi connectivity index (χ1) is 12.0. The first-order valence-corrected chi connectivity index (χ1v) is 8.42. The summed E-state index contributed by atoms with van der Waals surface area (Å²) in [6.07, 6.45) is 0. The van der Waals surface area contributed by atoms with Crippen molar-refractivity contribution in [2.45, 2.75) is 13.8 Å². The second kappa shape index (κ2) is 7.45.